The highest BCUT2D eigenvalue weighted by Crippen LogP contribution is 2.23. The Kier molecular flexibility index (Phi) is 2.39. The average Bonchev–Trinajstić information content (AvgIpc) is 2.18. The molecule has 1 aromatic rings. The van der Waals surface area contributed by atoms with Crippen molar-refractivity contribution in [3.63, 3.8) is 0 Å². The van der Waals surface area contributed by atoms with Gasteiger partial charge in [-0.1, -0.05) is 6.92 Å². The lowest BCUT2D eigenvalue weighted by Gasteiger charge is -2.17. The minimum atomic E-state index is -0.469. The zero-order valence-corrected chi connectivity index (χ0v) is 7.28. The molecule has 1 unspecified atom stereocenters. The van der Waals surface area contributed by atoms with Crippen molar-refractivity contribution in [1.82, 2.24) is 9.97 Å². The van der Waals surface area contributed by atoms with Crippen LogP contribution in [0.4, 0.5) is 0 Å². The Hall–Kier alpha value is -1.43. The standard InChI is InChI=1S/C9H11N3/c1-3-9(2,6-10)8-4-5-11-7-12-8/h4-5,7H,3H2,1-2H3. The molecule has 0 amide bonds. The highest BCUT2D eigenvalue weighted by atomic mass is 14.8. The normalized spacial score (nSPS) is 14.8. The Morgan fingerprint density at radius 2 is 2.42 bits per heavy atom. The number of hydrogen-bond acceptors (Lipinski definition) is 3. The van der Waals surface area contributed by atoms with Crippen molar-refractivity contribution in [2.45, 2.75) is 25.7 Å². The first-order chi connectivity index (χ1) is 5.73. The van der Waals surface area contributed by atoms with Gasteiger partial charge in [0.25, 0.3) is 0 Å². The summed E-state index contributed by atoms with van der Waals surface area (Å²) in [7, 11) is 0. The fraction of sp³-hybridized carbons (Fsp3) is 0.444. The van der Waals surface area contributed by atoms with Crippen LogP contribution in [0.5, 0.6) is 0 Å². The summed E-state index contributed by atoms with van der Waals surface area (Å²) in [6.07, 6.45) is 3.90. The Bertz CT molecular complexity index is 288. The summed E-state index contributed by atoms with van der Waals surface area (Å²) in [6, 6.07) is 4.04. The van der Waals surface area contributed by atoms with Gasteiger partial charge >= 0.3 is 0 Å². The van der Waals surface area contributed by atoms with Gasteiger partial charge in [0.2, 0.25) is 0 Å². The summed E-state index contributed by atoms with van der Waals surface area (Å²) in [5.41, 5.74) is 0.325. The van der Waals surface area contributed by atoms with Crippen molar-refractivity contribution >= 4 is 0 Å². The van der Waals surface area contributed by atoms with Gasteiger partial charge < -0.3 is 0 Å². The molecule has 0 bridgehead atoms. The molecule has 1 heterocycles. The van der Waals surface area contributed by atoms with Crippen molar-refractivity contribution in [1.29, 1.82) is 5.26 Å². The topological polar surface area (TPSA) is 49.6 Å². The van der Waals surface area contributed by atoms with E-state index in [4.69, 9.17) is 5.26 Å². The SMILES string of the molecule is CCC(C)(C#N)c1ccncn1. The fourth-order valence-corrected chi connectivity index (χ4v) is 0.935. The average molecular weight is 161 g/mol. The van der Waals surface area contributed by atoms with Crippen molar-refractivity contribution in [2.24, 2.45) is 0 Å². The van der Waals surface area contributed by atoms with Gasteiger partial charge in [-0.25, -0.2) is 9.97 Å². The van der Waals surface area contributed by atoms with Gasteiger partial charge in [-0.15, -0.1) is 0 Å². The molecule has 0 aliphatic heterocycles. The third-order valence-electron chi connectivity index (χ3n) is 2.10. The maximum absolute atomic E-state index is 8.93. The smallest absolute Gasteiger partial charge is 0.115 e. The van der Waals surface area contributed by atoms with E-state index in [1.807, 2.05) is 13.8 Å². The Morgan fingerprint density at radius 3 is 2.83 bits per heavy atom. The number of aromatic nitrogens is 2. The molecule has 0 spiro atoms. The predicted octanol–water partition coefficient (Wildman–Crippen LogP) is 1.67. The van der Waals surface area contributed by atoms with Gasteiger partial charge in [-0.05, 0) is 19.4 Å². The number of hydrogen-bond donors (Lipinski definition) is 0. The second kappa shape index (κ2) is 3.31. The van der Waals surface area contributed by atoms with E-state index < -0.39 is 5.41 Å². The molecule has 62 valence electrons. The van der Waals surface area contributed by atoms with Crippen molar-refractivity contribution in [3.05, 3.63) is 24.3 Å². The second-order valence-electron chi connectivity index (χ2n) is 2.89. The minimum absolute atomic E-state index is 0.469. The first kappa shape index (κ1) is 8.66. The Morgan fingerprint density at radius 1 is 1.67 bits per heavy atom. The van der Waals surface area contributed by atoms with Crippen LogP contribution in [0.2, 0.25) is 0 Å². The van der Waals surface area contributed by atoms with Crippen LogP contribution in [0.25, 0.3) is 0 Å². The molecule has 0 saturated carbocycles. The molecule has 0 aliphatic carbocycles. The van der Waals surface area contributed by atoms with Crippen molar-refractivity contribution < 1.29 is 0 Å². The van der Waals surface area contributed by atoms with E-state index >= 15 is 0 Å². The molecule has 0 aromatic carbocycles. The molecule has 0 radical (unpaired) electrons. The van der Waals surface area contributed by atoms with Crippen LogP contribution in [0.3, 0.4) is 0 Å². The van der Waals surface area contributed by atoms with Gasteiger partial charge in [0.05, 0.1) is 17.2 Å². The molecule has 0 N–H and O–H groups in total. The van der Waals surface area contributed by atoms with Crippen LogP contribution >= 0.6 is 0 Å². The molecule has 12 heavy (non-hydrogen) atoms. The number of nitriles is 1. The number of nitrogens with zero attached hydrogens (tertiary/aromatic N) is 3. The Labute approximate surface area is 72.1 Å². The minimum Gasteiger partial charge on any atom is -0.245 e. The molecule has 3 heteroatoms. The Balaban J connectivity index is 3.06. The monoisotopic (exact) mass is 161 g/mol. The van der Waals surface area contributed by atoms with Gasteiger partial charge in [-0.3, -0.25) is 0 Å². The quantitative estimate of drug-likeness (QED) is 0.662. The maximum Gasteiger partial charge on any atom is 0.115 e. The number of rotatable bonds is 2. The van der Waals surface area contributed by atoms with Crippen LogP contribution in [-0.4, -0.2) is 9.97 Å². The van der Waals surface area contributed by atoms with Crippen molar-refractivity contribution in [3.8, 4) is 6.07 Å². The third kappa shape index (κ3) is 1.42. The predicted molar refractivity (Wildman–Crippen MR) is 45.3 cm³/mol. The van der Waals surface area contributed by atoms with Crippen LogP contribution < -0.4 is 0 Å². The molecule has 0 aliphatic rings. The van der Waals surface area contributed by atoms with Crippen LogP contribution in [-0.2, 0) is 5.41 Å². The van der Waals surface area contributed by atoms with Crippen LogP contribution in [0, 0.1) is 11.3 Å². The summed E-state index contributed by atoms with van der Waals surface area (Å²) < 4.78 is 0. The van der Waals surface area contributed by atoms with Crippen LogP contribution in [0.15, 0.2) is 18.6 Å². The highest BCUT2D eigenvalue weighted by molar-refractivity contribution is 5.22. The van der Waals surface area contributed by atoms with E-state index in [0.717, 1.165) is 12.1 Å². The first-order valence-electron chi connectivity index (χ1n) is 3.90. The van der Waals surface area contributed by atoms with E-state index in [9.17, 15) is 0 Å². The summed E-state index contributed by atoms with van der Waals surface area (Å²) >= 11 is 0. The molecule has 0 saturated heterocycles. The van der Waals surface area contributed by atoms with Crippen LogP contribution in [0.1, 0.15) is 26.0 Å². The molecular formula is C9H11N3. The lowest BCUT2D eigenvalue weighted by molar-refractivity contribution is 0.566. The zero-order chi connectivity index (χ0) is 9.03. The van der Waals surface area contributed by atoms with Crippen molar-refractivity contribution in [2.75, 3.05) is 0 Å². The van der Waals surface area contributed by atoms with E-state index in [-0.39, 0.29) is 0 Å². The highest BCUT2D eigenvalue weighted by Gasteiger charge is 2.25. The summed E-state index contributed by atoms with van der Waals surface area (Å²) in [5, 5.41) is 8.93. The maximum atomic E-state index is 8.93. The summed E-state index contributed by atoms with van der Waals surface area (Å²) in [6.45, 7) is 3.86. The summed E-state index contributed by atoms with van der Waals surface area (Å²) in [4.78, 5) is 7.87. The molecule has 0 fully saturated rings. The first-order valence-corrected chi connectivity index (χ1v) is 3.90. The molecule has 1 aromatic heterocycles. The fourth-order valence-electron chi connectivity index (χ4n) is 0.935. The second-order valence-corrected chi connectivity index (χ2v) is 2.89. The lowest BCUT2D eigenvalue weighted by Crippen LogP contribution is -2.19. The molecular weight excluding hydrogens is 150 g/mol. The van der Waals surface area contributed by atoms with E-state index in [0.29, 0.717) is 0 Å². The molecule has 1 atom stereocenters. The molecule has 1 rings (SSSR count). The van der Waals surface area contributed by atoms with Gasteiger partial charge in [0.15, 0.2) is 0 Å². The van der Waals surface area contributed by atoms with E-state index in [1.165, 1.54) is 6.33 Å². The zero-order valence-electron chi connectivity index (χ0n) is 7.28. The lowest BCUT2D eigenvalue weighted by atomic mass is 9.86. The third-order valence-corrected chi connectivity index (χ3v) is 2.10. The molecule has 3 nitrogen and oxygen atoms in total. The summed E-state index contributed by atoms with van der Waals surface area (Å²) in [5.74, 6) is 0. The van der Waals surface area contributed by atoms with Gasteiger partial charge in [-0.2, -0.15) is 5.26 Å². The largest absolute Gasteiger partial charge is 0.245 e. The van der Waals surface area contributed by atoms with Gasteiger partial charge in [0, 0.05) is 6.20 Å². The van der Waals surface area contributed by atoms with E-state index in [1.54, 1.807) is 12.3 Å². The van der Waals surface area contributed by atoms with E-state index in [2.05, 4.69) is 16.0 Å². The van der Waals surface area contributed by atoms with Gasteiger partial charge in [0.1, 0.15) is 6.33 Å².